The first-order valence-corrected chi connectivity index (χ1v) is 9.52. The number of fused-ring (bicyclic) bond motifs is 1. The maximum absolute atomic E-state index is 12.8. The standard InChI is InChI=1S/C21H24N4O3/c1-15-14-17-18(19(22-15)28-2)21(27)25(20(17)26)13-10-23-8-11-24(12-9-23)16-6-4-3-5-7-16/h3-7,14H,8-13H2,1-2H3. The lowest BCUT2D eigenvalue weighted by Crippen LogP contribution is -2.49. The molecule has 7 heteroatoms. The third kappa shape index (κ3) is 3.33. The van der Waals surface area contributed by atoms with Crippen LogP contribution >= 0.6 is 0 Å². The van der Waals surface area contributed by atoms with Crippen molar-refractivity contribution in [2.24, 2.45) is 0 Å². The number of carbonyl (C=O) groups is 2. The lowest BCUT2D eigenvalue weighted by atomic mass is 10.1. The Balaban J connectivity index is 1.37. The van der Waals surface area contributed by atoms with E-state index in [1.54, 1.807) is 13.0 Å². The van der Waals surface area contributed by atoms with Crippen molar-refractivity contribution in [1.29, 1.82) is 0 Å². The number of ether oxygens (including phenoxy) is 1. The quantitative estimate of drug-likeness (QED) is 0.737. The number of hydrogen-bond donors (Lipinski definition) is 0. The lowest BCUT2D eigenvalue weighted by molar-refractivity contribution is 0.0634. The van der Waals surface area contributed by atoms with Crippen molar-refractivity contribution in [1.82, 2.24) is 14.8 Å². The SMILES string of the molecule is COc1nc(C)cc2c1C(=O)N(CCN1CCN(c3ccccc3)CC1)C2=O. The Bertz CT molecular complexity index is 892. The lowest BCUT2D eigenvalue weighted by Gasteiger charge is -2.36. The maximum Gasteiger partial charge on any atom is 0.267 e. The van der Waals surface area contributed by atoms with E-state index in [0.717, 1.165) is 26.2 Å². The summed E-state index contributed by atoms with van der Waals surface area (Å²) in [6, 6.07) is 12.0. The maximum atomic E-state index is 12.8. The molecule has 2 aliphatic heterocycles. The van der Waals surface area contributed by atoms with Gasteiger partial charge in [0.05, 0.1) is 12.7 Å². The molecule has 0 radical (unpaired) electrons. The van der Waals surface area contributed by atoms with Gasteiger partial charge in [0.15, 0.2) is 0 Å². The van der Waals surface area contributed by atoms with E-state index in [1.807, 2.05) is 6.07 Å². The van der Waals surface area contributed by atoms with Crippen molar-refractivity contribution in [2.45, 2.75) is 6.92 Å². The van der Waals surface area contributed by atoms with Crippen LogP contribution in [0.25, 0.3) is 0 Å². The number of rotatable bonds is 5. The third-order valence-electron chi connectivity index (χ3n) is 5.38. The molecule has 2 aromatic rings. The fourth-order valence-corrected chi connectivity index (χ4v) is 3.85. The van der Waals surface area contributed by atoms with Gasteiger partial charge in [0, 0.05) is 50.6 Å². The van der Waals surface area contributed by atoms with Crippen LogP contribution in [0.5, 0.6) is 5.88 Å². The zero-order valence-corrected chi connectivity index (χ0v) is 16.2. The van der Waals surface area contributed by atoms with Crippen LogP contribution < -0.4 is 9.64 Å². The molecule has 2 amide bonds. The summed E-state index contributed by atoms with van der Waals surface area (Å²) in [6.45, 7) is 6.51. The summed E-state index contributed by atoms with van der Waals surface area (Å²) in [5.41, 5.74) is 2.57. The molecule has 4 rings (SSSR count). The fraction of sp³-hybridized carbons (Fsp3) is 0.381. The first kappa shape index (κ1) is 18.4. The Labute approximate surface area is 164 Å². The number of anilines is 1. The van der Waals surface area contributed by atoms with E-state index in [9.17, 15) is 9.59 Å². The number of piperazine rings is 1. The highest BCUT2D eigenvalue weighted by atomic mass is 16.5. The highest BCUT2D eigenvalue weighted by Gasteiger charge is 2.39. The van der Waals surface area contributed by atoms with Gasteiger partial charge in [-0.25, -0.2) is 4.98 Å². The molecule has 1 fully saturated rings. The van der Waals surface area contributed by atoms with Crippen LogP contribution in [-0.4, -0.2) is 73.0 Å². The molecule has 28 heavy (non-hydrogen) atoms. The van der Waals surface area contributed by atoms with Crippen molar-refractivity contribution >= 4 is 17.5 Å². The predicted octanol–water partition coefficient (Wildman–Crippen LogP) is 1.82. The Morgan fingerprint density at radius 2 is 1.71 bits per heavy atom. The van der Waals surface area contributed by atoms with Crippen LogP contribution in [0.3, 0.4) is 0 Å². The van der Waals surface area contributed by atoms with E-state index in [-0.39, 0.29) is 23.3 Å². The second-order valence-electron chi connectivity index (χ2n) is 7.12. The van der Waals surface area contributed by atoms with Gasteiger partial charge in [0.1, 0.15) is 5.56 Å². The minimum absolute atomic E-state index is 0.229. The molecule has 0 spiro atoms. The number of imide groups is 1. The number of nitrogens with zero attached hydrogens (tertiary/aromatic N) is 4. The second kappa shape index (κ2) is 7.59. The van der Waals surface area contributed by atoms with Crippen LogP contribution in [0.1, 0.15) is 26.4 Å². The number of hydrogen-bond acceptors (Lipinski definition) is 6. The summed E-state index contributed by atoms with van der Waals surface area (Å²) in [4.78, 5) is 35.7. The van der Waals surface area contributed by atoms with E-state index in [1.165, 1.54) is 17.7 Å². The Hall–Kier alpha value is -2.93. The van der Waals surface area contributed by atoms with Gasteiger partial charge in [-0.15, -0.1) is 0 Å². The van der Waals surface area contributed by atoms with Crippen LogP contribution in [0.15, 0.2) is 36.4 Å². The number of para-hydroxylation sites is 1. The average molecular weight is 380 g/mol. The molecule has 0 bridgehead atoms. The van der Waals surface area contributed by atoms with Crippen LogP contribution in [0.4, 0.5) is 5.69 Å². The van der Waals surface area contributed by atoms with Gasteiger partial charge >= 0.3 is 0 Å². The van der Waals surface area contributed by atoms with Gasteiger partial charge < -0.3 is 9.64 Å². The first-order valence-electron chi connectivity index (χ1n) is 9.52. The molecular weight excluding hydrogens is 356 g/mol. The monoisotopic (exact) mass is 380 g/mol. The molecule has 146 valence electrons. The minimum Gasteiger partial charge on any atom is -0.480 e. The summed E-state index contributed by atoms with van der Waals surface area (Å²) in [5.74, 6) is -0.341. The predicted molar refractivity (Wildman–Crippen MR) is 106 cm³/mol. The fourth-order valence-electron chi connectivity index (χ4n) is 3.85. The van der Waals surface area contributed by atoms with Gasteiger partial charge in [0.25, 0.3) is 11.8 Å². The summed E-state index contributed by atoms with van der Waals surface area (Å²) in [6.07, 6.45) is 0. The van der Waals surface area contributed by atoms with E-state index in [4.69, 9.17) is 4.74 Å². The van der Waals surface area contributed by atoms with Gasteiger partial charge in [-0.1, -0.05) is 18.2 Å². The number of methoxy groups -OCH3 is 1. The van der Waals surface area contributed by atoms with E-state index in [2.05, 4.69) is 39.0 Å². The summed E-state index contributed by atoms with van der Waals surface area (Å²) in [5, 5.41) is 0. The van der Waals surface area contributed by atoms with E-state index >= 15 is 0 Å². The summed E-state index contributed by atoms with van der Waals surface area (Å²) >= 11 is 0. The Morgan fingerprint density at radius 3 is 2.39 bits per heavy atom. The number of benzene rings is 1. The van der Waals surface area contributed by atoms with Crippen LogP contribution in [0, 0.1) is 6.92 Å². The average Bonchev–Trinajstić information content (AvgIpc) is 2.96. The van der Waals surface area contributed by atoms with E-state index < -0.39 is 0 Å². The van der Waals surface area contributed by atoms with Crippen molar-refractivity contribution < 1.29 is 14.3 Å². The topological polar surface area (TPSA) is 66.0 Å². The van der Waals surface area contributed by atoms with Crippen LogP contribution in [0.2, 0.25) is 0 Å². The molecule has 2 aliphatic rings. The molecule has 0 saturated carbocycles. The van der Waals surface area contributed by atoms with Crippen molar-refractivity contribution in [2.75, 3.05) is 51.3 Å². The number of amides is 2. The molecule has 0 aliphatic carbocycles. The highest BCUT2D eigenvalue weighted by molar-refractivity contribution is 6.22. The number of aromatic nitrogens is 1. The molecule has 1 saturated heterocycles. The van der Waals surface area contributed by atoms with Crippen molar-refractivity contribution in [3.05, 3.63) is 53.2 Å². The van der Waals surface area contributed by atoms with Gasteiger partial charge in [-0.05, 0) is 25.1 Å². The molecule has 7 nitrogen and oxygen atoms in total. The summed E-state index contributed by atoms with van der Waals surface area (Å²) < 4.78 is 5.23. The zero-order chi connectivity index (χ0) is 19.7. The highest BCUT2D eigenvalue weighted by Crippen LogP contribution is 2.30. The Kier molecular flexibility index (Phi) is 5.00. The molecule has 1 aromatic heterocycles. The molecule has 3 heterocycles. The molecule has 1 aromatic carbocycles. The minimum atomic E-state index is -0.313. The molecular formula is C21H24N4O3. The van der Waals surface area contributed by atoms with Gasteiger partial charge in [-0.3, -0.25) is 19.4 Å². The Morgan fingerprint density at radius 1 is 1.00 bits per heavy atom. The largest absolute Gasteiger partial charge is 0.480 e. The van der Waals surface area contributed by atoms with Gasteiger partial charge in [-0.2, -0.15) is 0 Å². The number of carbonyl (C=O) groups excluding carboxylic acids is 2. The summed E-state index contributed by atoms with van der Waals surface area (Å²) in [7, 11) is 1.47. The number of aryl methyl sites for hydroxylation is 1. The second-order valence-corrected chi connectivity index (χ2v) is 7.12. The first-order chi connectivity index (χ1) is 13.6. The molecule has 0 N–H and O–H groups in total. The number of pyridine rings is 1. The molecule has 0 atom stereocenters. The van der Waals surface area contributed by atoms with E-state index in [0.29, 0.717) is 24.3 Å². The molecule has 0 unspecified atom stereocenters. The normalized spacial score (nSPS) is 17.2. The van der Waals surface area contributed by atoms with Gasteiger partial charge in [0.2, 0.25) is 5.88 Å². The van der Waals surface area contributed by atoms with Crippen LogP contribution in [-0.2, 0) is 0 Å². The third-order valence-corrected chi connectivity index (χ3v) is 5.38. The van der Waals surface area contributed by atoms with Crippen molar-refractivity contribution in [3.63, 3.8) is 0 Å². The zero-order valence-electron chi connectivity index (χ0n) is 16.2. The smallest absolute Gasteiger partial charge is 0.267 e. The van der Waals surface area contributed by atoms with Crippen molar-refractivity contribution in [3.8, 4) is 5.88 Å².